The fourth-order valence-corrected chi connectivity index (χ4v) is 1.48. The van der Waals surface area contributed by atoms with Crippen LogP contribution in [0.2, 0.25) is 0 Å². The van der Waals surface area contributed by atoms with Crippen LogP contribution in [0, 0.1) is 0 Å². The van der Waals surface area contributed by atoms with Gasteiger partial charge in [-0.25, -0.2) is 4.98 Å². The lowest BCUT2D eigenvalue weighted by atomic mass is 10.4. The maximum absolute atomic E-state index is 11.0. The van der Waals surface area contributed by atoms with Crippen molar-refractivity contribution in [2.24, 2.45) is 0 Å². The van der Waals surface area contributed by atoms with Crippen molar-refractivity contribution in [2.45, 2.75) is 13.3 Å². The number of hydrogen-bond acceptors (Lipinski definition) is 3. The quantitative estimate of drug-likeness (QED) is 0.721. The van der Waals surface area contributed by atoms with Crippen molar-refractivity contribution in [2.75, 3.05) is 7.05 Å². The molecule has 11 heavy (non-hydrogen) atoms. The highest BCUT2D eigenvalue weighted by atomic mass is 32.1. The number of hydrogen-bond donors (Lipinski definition) is 1. The molecule has 1 aromatic heterocycles. The van der Waals surface area contributed by atoms with E-state index in [1.54, 1.807) is 13.2 Å². The molecular formula is C7H10N2OS. The Morgan fingerprint density at radius 2 is 2.55 bits per heavy atom. The summed E-state index contributed by atoms with van der Waals surface area (Å²) in [6, 6.07) is 0. The first kappa shape index (κ1) is 8.20. The van der Waals surface area contributed by atoms with Crippen molar-refractivity contribution in [1.29, 1.82) is 0 Å². The van der Waals surface area contributed by atoms with Gasteiger partial charge in [-0.1, -0.05) is 6.92 Å². The van der Waals surface area contributed by atoms with E-state index in [-0.39, 0.29) is 5.91 Å². The Kier molecular flexibility index (Phi) is 2.59. The SMILES string of the molecule is CCc1cnc(C(=O)NC)s1. The van der Waals surface area contributed by atoms with E-state index in [4.69, 9.17) is 0 Å². The second-order valence-corrected chi connectivity index (χ2v) is 3.18. The molecule has 3 nitrogen and oxygen atoms in total. The van der Waals surface area contributed by atoms with Gasteiger partial charge in [0.05, 0.1) is 0 Å². The zero-order chi connectivity index (χ0) is 8.27. The van der Waals surface area contributed by atoms with Gasteiger partial charge < -0.3 is 5.32 Å². The maximum Gasteiger partial charge on any atom is 0.280 e. The van der Waals surface area contributed by atoms with Gasteiger partial charge in [0.15, 0.2) is 5.01 Å². The predicted octanol–water partition coefficient (Wildman–Crippen LogP) is 1.07. The van der Waals surface area contributed by atoms with E-state index in [9.17, 15) is 4.79 Å². The molecule has 0 aromatic carbocycles. The number of nitrogens with one attached hydrogen (secondary N) is 1. The Bertz CT molecular complexity index is 257. The van der Waals surface area contributed by atoms with Crippen molar-refractivity contribution < 1.29 is 4.79 Å². The van der Waals surface area contributed by atoms with Crippen molar-refractivity contribution in [3.8, 4) is 0 Å². The molecule has 0 aliphatic rings. The third kappa shape index (κ3) is 1.77. The minimum absolute atomic E-state index is 0.102. The lowest BCUT2D eigenvalue weighted by molar-refractivity contribution is 0.0962. The van der Waals surface area contributed by atoms with Gasteiger partial charge in [-0.15, -0.1) is 11.3 Å². The molecule has 0 aliphatic heterocycles. The number of aromatic nitrogens is 1. The van der Waals surface area contributed by atoms with Gasteiger partial charge in [0.1, 0.15) is 0 Å². The summed E-state index contributed by atoms with van der Waals surface area (Å²) in [5, 5.41) is 3.07. The summed E-state index contributed by atoms with van der Waals surface area (Å²) in [4.78, 5) is 16.1. The van der Waals surface area contributed by atoms with E-state index in [0.29, 0.717) is 5.01 Å². The Morgan fingerprint density at radius 3 is 3.00 bits per heavy atom. The highest BCUT2D eigenvalue weighted by Crippen LogP contribution is 2.12. The number of amides is 1. The van der Waals surface area contributed by atoms with Crippen molar-refractivity contribution in [3.05, 3.63) is 16.1 Å². The number of carbonyl (C=O) groups excluding carboxylic acids is 1. The van der Waals surface area contributed by atoms with E-state index in [0.717, 1.165) is 11.3 Å². The zero-order valence-electron chi connectivity index (χ0n) is 6.55. The van der Waals surface area contributed by atoms with Gasteiger partial charge in [0.25, 0.3) is 5.91 Å². The van der Waals surface area contributed by atoms with Crippen LogP contribution in [-0.4, -0.2) is 17.9 Å². The fourth-order valence-electron chi connectivity index (χ4n) is 0.683. The number of nitrogens with zero attached hydrogens (tertiary/aromatic N) is 1. The molecule has 0 saturated carbocycles. The second kappa shape index (κ2) is 3.48. The first-order valence-corrected chi connectivity index (χ1v) is 4.26. The van der Waals surface area contributed by atoms with Crippen LogP contribution in [0.3, 0.4) is 0 Å². The van der Waals surface area contributed by atoms with Crippen LogP contribution in [0.25, 0.3) is 0 Å². The fraction of sp³-hybridized carbons (Fsp3) is 0.429. The molecule has 1 aromatic rings. The van der Waals surface area contributed by atoms with E-state index in [2.05, 4.69) is 10.3 Å². The first-order chi connectivity index (χ1) is 5.27. The summed E-state index contributed by atoms with van der Waals surface area (Å²) in [7, 11) is 1.61. The van der Waals surface area contributed by atoms with Gasteiger partial charge in [0.2, 0.25) is 0 Å². The highest BCUT2D eigenvalue weighted by molar-refractivity contribution is 7.13. The Balaban J connectivity index is 2.80. The van der Waals surface area contributed by atoms with Crippen LogP contribution in [0.1, 0.15) is 21.6 Å². The second-order valence-electron chi connectivity index (χ2n) is 2.06. The summed E-state index contributed by atoms with van der Waals surface area (Å²) in [6.45, 7) is 2.04. The molecule has 0 fully saturated rings. The molecule has 0 bridgehead atoms. The molecule has 0 aliphatic carbocycles. The average molecular weight is 170 g/mol. The molecule has 1 N–H and O–H groups in total. The van der Waals surface area contributed by atoms with E-state index < -0.39 is 0 Å². The lowest BCUT2D eigenvalue weighted by Gasteiger charge is -1.90. The molecule has 1 rings (SSSR count). The third-order valence-electron chi connectivity index (χ3n) is 1.32. The Morgan fingerprint density at radius 1 is 1.82 bits per heavy atom. The van der Waals surface area contributed by atoms with Crippen LogP contribution in [0.15, 0.2) is 6.20 Å². The van der Waals surface area contributed by atoms with Crippen LogP contribution >= 0.6 is 11.3 Å². The van der Waals surface area contributed by atoms with Crippen molar-refractivity contribution >= 4 is 17.2 Å². The van der Waals surface area contributed by atoms with Gasteiger partial charge in [0, 0.05) is 18.1 Å². The molecule has 1 heterocycles. The monoisotopic (exact) mass is 170 g/mol. The molecule has 0 atom stereocenters. The predicted molar refractivity (Wildman–Crippen MR) is 44.9 cm³/mol. The lowest BCUT2D eigenvalue weighted by Crippen LogP contribution is -2.17. The molecule has 0 spiro atoms. The number of thiazole rings is 1. The number of aryl methyl sites for hydroxylation is 1. The minimum Gasteiger partial charge on any atom is -0.353 e. The molecule has 0 radical (unpaired) electrons. The van der Waals surface area contributed by atoms with E-state index >= 15 is 0 Å². The number of carbonyl (C=O) groups is 1. The molecule has 0 saturated heterocycles. The summed E-state index contributed by atoms with van der Waals surface area (Å²) < 4.78 is 0. The van der Waals surface area contributed by atoms with E-state index in [1.165, 1.54) is 11.3 Å². The highest BCUT2D eigenvalue weighted by Gasteiger charge is 2.06. The minimum atomic E-state index is -0.102. The smallest absolute Gasteiger partial charge is 0.280 e. The number of rotatable bonds is 2. The molecular weight excluding hydrogens is 160 g/mol. The molecule has 60 valence electrons. The van der Waals surface area contributed by atoms with Gasteiger partial charge in [-0.05, 0) is 6.42 Å². The average Bonchev–Trinajstić information content (AvgIpc) is 2.50. The molecule has 0 unspecified atom stereocenters. The zero-order valence-corrected chi connectivity index (χ0v) is 7.36. The standard InChI is InChI=1S/C7H10N2OS/c1-3-5-4-9-7(11-5)6(10)8-2/h4H,3H2,1-2H3,(H,8,10). The Labute approximate surface area is 69.5 Å². The van der Waals surface area contributed by atoms with Gasteiger partial charge in [-0.3, -0.25) is 4.79 Å². The van der Waals surface area contributed by atoms with Crippen LogP contribution < -0.4 is 5.32 Å². The summed E-state index contributed by atoms with van der Waals surface area (Å²) in [6.07, 6.45) is 2.68. The largest absolute Gasteiger partial charge is 0.353 e. The molecule has 4 heteroatoms. The topological polar surface area (TPSA) is 42.0 Å². The van der Waals surface area contributed by atoms with Gasteiger partial charge >= 0.3 is 0 Å². The summed E-state index contributed by atoms with van der Waals surface area (Å²) >= 11 is 1.44. The summed E-state index contributed by atoms with van der Waals surface area (Å²) in [5.41, 5.74) is 0. The Hall–Kier alpha value is -0.900. The summed E-state index contributed by atoms with van der Waals surface area (Å²) in [5.74, 6) is -0.102. The maximum atomic E-state index is 11.0. The van der Waals surface area contributed by atoms with E-state index in [1.807, 2.05) is 6.92 Å². The van der Waals surface area contributed by atoms with Crippen molar-refractivity contribution in [3.63, 3.8) is 0 Å². The van der Waals surface area contributed by atoms with Crippen LogP contribution in [0.5, 0.6) is 0 Å². The third-order valence-corrected chi connectivity index (χ3v) is 2.46. The normalized spacial score (nSPS) is 9.64. The first-order valence-electron chi connectivity index (χ1n) is 3.44. The van der Waals surface area contributed by atoms with Crippen LogP contribution in [0.4, 0.5) is 0 Å². The van der Waals surface area contributed by atoms with Crippen molar-refractivity contribution in [1.82, 2.24) is 10.3 Å². The van der Waals surface area contributed by atoms with Gasteiger partial charge in [-0.2, -0.15) is 0 Å². The van der Waals surface area contributed by atoms with Crippen LogP contribution in [-0.2, 0) is 6.42 Å². The molecule has 1 amide bonds.